The first-order chi connectivity index (χ1) is 9.96. The molecule has 6 heteroatoms. The van der Waals surface area contributed by atoms with E-state index in [0.717, 1.165) is 23.0 Å². The molecule has 2 heterocycles. The number of benzene rings is 1. The minimum atomic E-state index is -3.46. The summed E-state index contributed by atoms with van der Waals surface area (Å²) in [4.78, 5) is 0.443. The average molecular weight is 307 g/mol. The van der Waals surface area contributed by atoms with Gasteiger partial charge >= 0.3 is 0 Å². The highest BCUT2D eigenvalue weighted by atomic mass is 32.2. The Kier molecular flexibility index (Phi) is 3.55. The fourth-order valence-electron chi connectivity index (χ4n) is 3.15. The van der Waals surface area contributed by atoms with Gasteiger partial charge in [0.1, 0.15) is 4.90 Å². The summed E-state index contributed by atoms with van der Waals surface area (Å²) in [5.41, 5.74) is 7.41. The van der Waals surface area contributed by atoms with Crippen LogP contribution in [0.3, 0.4) is 0 Å². The largest absolute Gasteiger partial charge is 0.347 e. The maximum atomic E-state index is 13.0. The van der Waals surface area contributed by atoms with Gasteiger partial charge in [-0.1, -0.05) is 18.2 Å². The summed E-state index contributed by atoms with van der Waals surface area (Å²) in [5.74, 6) is 0.273. The Morgan fingerprint density at radius 1 is 1.33 bits per heavy atom. The fourth-order valence-corrected chi connectivity index (χ4v) is 5.12. The number of fused-ring (bicyclic) bond motifs is 1. The first-order valence-electron chi connectivity index (χ1n) is 7.21. The van der Waals surface area contributed by atoms with Crippen LogP contribution in [0, 0.1) is 12.8 Å². The lowest BCUT2D eigenvalue weighted by Gasteiger charge is -2.16. The van der Waals surface area contributed by atoms with Crippen LogP contribution in [0.1, 0.15) is 12.1 Å². The third-order valence-electron chi connectivity index (χ3n) is 4.52. The molecule has 0 aliphatic carbocycles. The van der Waals surface area contributed by atoms with Crippen LogP contribution >= 0.6 is 0 Å². The predicted molar refractivity (Wildman–Crippen MR) is 83.6 cm³/mol. The summed E-state index contributed by atoms with van der Waals surface area (Å²) in [5, 5.41) is 0.800. The molecule has 1 aliphatic rings. The number of hydrogen-bond acceptors (Lipinski definition) is 3. The van der Waals surface area contributed by atoms with E-state index in [2.05, 4.69) is 0 Å². The Morgan fingerprint density at radius 2 is 2.05 bits per heavy atom. The van der Waals surface area contributed by atoms with Gasteiger partial charge in [-0.3, -0.25) is 0 Å². The molecule has 5 nitrogen and oxygen atoms in total. The molecule has 1 unspecified atom stereocenters. The SMILES string of the molecule is Cc1c(S(=O)(=O)N2CCC(CN)C2)c2ccccc2n1C. The highest BCUT2D eigenvalue weighted by molar-refractivity contribution is 7.89. The third-order valence-corrected chi connectivity index (χ3v) is 6.56. The van der Waals surface area contributed by atoms with Gasteiger partial charge < -0.3 is 10.3 Å². The molecule has 1 aromatic heterocycles. The van der Waals surface area contributed by atoms with Crippen molar-refractivity contribution < 1.29 is 8.42 Å². The zero-order chi connectivity index (χ0) is 15.2. The van der Waals surface area contributed by atoms with Gasteiger partial charge in [-0.25, -0.2) is 8.42 Å². The minimum Gasteiger partial charge on any atom is -0.347 e. The monoisotopic (exact) mass is 307 g/mol. The van der Waals surface area contributed by atoms with Crippen molar-refractivity contribution in [3.8, 4) is 0 Å². The van der Waals surface area contributed by atoms with Crippen molar-refractivity contribution in [3.05, 3.63) is 30.0 Å². The molecule has 2 aromatic rings. The fraction of sp³-hybridized carbons (Fsp3) is 0.467. The zero-order valence-electron chi connectivity index (χ0n) is 12.4. The van der Waals surface area contributed by atoms with Gasteiger partial charge in [0, 0.05) is 36.7 Å². The Morgan fingerprint density at radius 3 is 2.71 bits per heavy atom. The van der Waals surface area contributed by atoms with E-state index in [9.17, 15) is 8.42 Å². The average Bonchev–Trinajstić information content (AvgIpc) is 3.05. The summed E-state index contributed by atoms with van der Waals surface area (Å²) < 4.78 is 29.6. The van der Waals surface area contributed by atoms with Gasteiger partial charge in [-0.05, 0) is 31.9 Å². The first-order valence-corrected chi connectivity index (χ1v) is 8.65. The molecule has 1 atom stereocenters. The number of sulfonamides is 1. The Bertz CT molecular complexity index is 780. The highest BCUT2D eigenvalue weighted by Gasteiger charge is 2.35. The van der Waals surface area contributed by atoms with Crippen LogP contribution in [0.5, 0.6) is 0 Å². The van der Waals surface area contributed by atoms with Crippen molar-refractivity contribution in [2.75, 3.05) is 19.6 Å². The molecule has 3 rings (SSSR count). The van der Waals surface area contributed by atoms with E-state index >= 15 is 0 Å². The normalized spacial score (nSPS) is 20.4. The lowest BCUT2D eigenvalue weighted by Crippen LogP contribution is -2.30. The molecular weight excluding hydrogens is 286 g/mol. The van der Waals surface area contributed by atoms with Crippen molar-refractivity contribution in [1.29, 1.82) is 0 Å². The second-order valence-corrected chi connectivity index (χ2v) is 7.62. The van der Waals surface area contributed by atoms with Crippen LogP contribution in [-0.2, 0) is 17.1 Å². The maximum Gasteiger partial charge on any atom is 0.245 e. The summed E-state index contributed by atoms with van der Waals surface area (Å²) in [6.45, 7) is 3.50. The van der Waals surface area contributed by atoms with E-state index in [4.69, 9.17) is 5.73 Å². The maximum absolute atomic E-state index is 13.0. The van der Waals surface area contributed by atoms with Gasteiger partial charge in [0.2, 0.25) is 10.0 Å². The van der Waals surface area contributed by atoms with Crippen molar-refractivity contribution in [2.24, 2.45) is 18.7 Å². The van der Waals surface area contributed by atoms with Crippen LogP contribution < -0.4 is 5.73 Å². The molecule has 1 fully saturated rings. The number of aryl methyl sites for hydroxylation is 1. The number of nitrogens with two attached hydrogens (primary N) is 1. The van der Waals surface area contributed by atoms with E-state index in [0.29, 0.717) is 24.5 Å². The van der Waals surface area contributed by atoms with Gasteiger partial charge in [-0.15, -0.1) is 0 Å². The topological polar surface area (TPSA) is 68.3 Å². The smallest absolute Gasteiger partial charge is 0.245 e. The van der Waals surface area contributed by atoms with Crippen molar-refractivity contribution in [1.82, 2.24) is 8.87 Å². The Balaban J connectivity index is 2.14. The summed E-state index contributed by atoms with van der Waals surface area (Å²) in [6, 6.07) is 7.64. The zero-order valence-corrected chi connectivity index (χ0v) is 13.2. The molecule has 0 spiro atoms. The standard InChI is InChI=1S/C15H21N3O2S/c1-11-15(13-5-3-4-6-14(13)17(11)2)21(19,20)18-8-7-12(9-16)10-18/h3-6,12H,7-10,16H2,1-2H3. The molecular formula is C15H21N3O2S. The van der Waals surface area contributed by atoms with Crippen molar-refractivity contribution >= 4 is 20.9 Å². The molecule has 0 saturated carbocycles. The van der Waals surface area contributed by atoms with Crippen LogP contribution in [0.4, 0.5) is 0 Å². The molecule has 0 bridgehead atoms. The molecule has 0 radical (unpaired) electrons. The highest BCUT2D eigenvalue weighted by Crippen LogP contribution is 2.33. The molecule has 1 saturated heterocycles. The van der Waals surface area contributed by atoms with Gasteiger partial charge in [-0.2, -0.15) is 4.31 Å². The lowest BCUT2D eigenvalue weighted by atomic mass is 10.1. The predicted octanol–water partition coefficient (Wildman–Crippen LogP) is 1.46. The second kappa shape index (κ2) is 5.12. The molecule has 114 valence electrons. The van der Waals surface area contributed by atoms with Crippen molar-refractivity contribution in [3.63, 3.8) is 0 Å². The van der Waals surface area contributed by atoms with Gasteiger partial charge in [0.15, 0.2) is 0 Å². The van der Waals surface area contributed by atoms with Crippen LogP contribution in [0.25, 0.3) is 10.9 Å². The van der Waals surface area contributed by atoms with Crippen LogP contribution in [0.2, 0.25) is 0 Å². The van der Waals surface area contributed by atoms with Crippen LogP contribution in [0.15, 0.2) is 29.2 Å². The Hall–Kier alpha value is -1.37. The third kappa shape index (κ3) is 2.18. The minimum absolute atomic E-state index is 0.273. The van der Waals surface area contributed by atoms with E-state index in [-0.39, 0.29) is 5.92 Å². The number of rotatable bonds is 3. The van der Waals surface area contributed by atoms with Gasteiger partial charge in [0.25, 0.3) is 0 Å². The van der Waals surface area contributed by atoms with E-state index in [1.165, 1.54) is 0 Å². The van der Waals surface area contributed by atoms with E-state index < -0.39 is 10.0 Å². The van der Waals surface area contributed by atoms with E-state index in [1.54, 1.807) is 4.31 Å². The summed E-state index contributed by atoms with van der Waals surface area (Å²) >= 11 is 0. The lowest BCUT2D eigenvalue weighted by molar-refractivity contribution is 0.459. The van der Waals surface area contributed by atoms with E-state index in [1.807, 2.05) is 42.8 Å². The molecule has 21 heavy (non-hydrogen) atoms. The Labute approximate surface area is 125 Å². The molecule has 1 aromatic carbocycles. The number of hydrogen-bond donors (Lipinski definition) is 1. The van der Waals surface area contributed by atoms with Crippen LogP contribution in [-0.4, -0.2) is 36.9 Å². The molecule has 2 N–H and O–H groups in total. The van der Waals surface area contributed by atoms with Crippen molar-refractivity contribution in [2.45, 2.75) is 18.2 Å². The summed E-state index contributed by atoms with van der Waals surface area (Å²) in [7, 11) is -1.56. The number of aromatic nitrogens is 1. The number of para-hydroxylation sites is 1. The molecule has 0 amide bonds. The molecule has 1 aliphatic heterocycles. The first kappa shape index (κ1) is 14.6. The second-order valence-electron chi connectivity index (χ2n) is 5.74. The summed E-state index contributed by atoms with van der Waals surface area (Å²) in [6.07, 6.45) is 0.847. The number of nitrogens with zero attached hydrogens (tertiary/aromatic N) is 2. The van der Waals surface area contributed by atoms with Gasteiger partial charge in [0.05, 0.1) is 0 Å². The quantitative estimate of drug-likeness (QED) is 0.933.